The Balaban J connectivity index is 1.80. The van der Waals surface area contributed by atoms with Crippen LogP contribution in [0.1, 0.15) is 84.3 Å². The monoisotopic (exact) mass is 424 g/mol. The van der Waals surface area contributed by atoms with E-state index in [2.05, 4.69) is 15.6 Å². The molecule has 0 spiro atoms. The first-order valence-corrected chi connectivity index (χ1v) is 11.3. The van der Waals surface area contributed by atoms with E-state index in [1.165, 1.54) is 6.42 Å². The number of rotatable bonds is 9. The van der Waals surface area contributed by atoms with E-state index >= 15 is 0 Å². The van der Waals surface area contributed by atoms with Crippen LogP contribution in [-0.4, -0.2) is 34.5 Å². The Labute approximate surface area is 183 Å². The minimum atomic E-state index is -0.517. The van der Waals surface area contributed by atoms with Crippen LogP contribution in [0.15, 0.2) is 41.6 Å². The van der Waals surface area contributed by atoms with Gasteiger partial charge in [-0.3, -0.25) is 19.4 Å². The molecule has 1 aliphatic rings. The zero-order valence-corrected chi connectivity index (χ0v) is 18.2. The third-order valence-electron chi connectivity index (χ3n) is 5.74. The molecule has 0 bridgehead atoms. The summed E-state index contributed by atoms with van der Waals surface area (Å²) >= 11 is 0. The normalized spacial score (nSPS) is 14.2. The van der Waals surface area contributed by atoms with Crippen LogP contribution in [0.3, 0.4) is 0 Å². The van der Waals surface area contributed by atoms with Crippen LogP contribution in [0.5, 0.6) is 0 Å². The molecule has 7 nitrogen and oxygen atoms in total. The maximum absolute atomic E-state index is 13.0. The lowest BCUT2D eigenvalue weighted by Crippen LogP contribution is -2.36. The van der Waals surface area contributed by atoms with Gasteiger partial charge in [-0.05, 0) is 31.4 Å². The van der Waals surface area contributed by atoms with Gasteiger partial charge in [0, 0.05) is 49.8 Å². The molecule has 0 saturated heterocycles. The molecule has 2 aromatic rings. The lowest BCUT2D eigenvalue weighted by Gasteiger charge is -2.25. The molecular weight excluding hydrogens is 392 g/mol. The summed E-state index contributed by atoms with van der Waals surface area (Å²) in [6.07, 6.45) is 12.7. The largest absolute Gasteiger partial charge is 0.352 e. The van der Waals surface area contributed by atoms with Crippen molar-refractivity contribution in [2.24, 2.45) is 0 Å². The summed E-state index contributed by atoms with van der Waals surface area (Å²) in [5.41, 5.74) is 0.414. The first-order valence-electron chi connectivity index (χ1n) is 11.3. The smallest absolute Gasteiger partial charge is 0.256 e. The Morgan fingerprint density at radius 2 is 1.71 bits per heavy atom. The van der Waals surface area contributed by atoms with Gasteiger partial charge in [0.2, 0.25) is 5.43 Å². The second-order valence-corrected chi connectivity index (χ2v) is 8.09. The molecule has 7 heteroatoms. The molecule has 3 rings (SSSR count). The van der Waals surface area contributed by atoms with Crippen LogP contribution in [0, 0.1) is 0 Å². The minimum absolute atomic E-state index is 0.0229. The molecule has 0 atom stereocenters. The Morgan fingerprint density at radius 3 is 2.32 bits per heavy atom. The molecule has 0 unspecified atom stereocenters. The number of hydrogen-bond acceptors (Lipinski definition) is 4. The van der Waals surface area contributed by atoms with Gasteiger partial charge in [0.05, 0.1) is 0 Å². The Hall–Kier alpha value is -2.96. The third kappa shape index (κ3) is 6.26. The molecular formula is C24H32N4O3. The highest BCUT2D eigenvalue weighted by Gasteiger charge is 2.22. The second kappa shape index (κ2) is 11.4. The number of amides is 2. The molecule has 1 aliphatic carbocycles. The highest BCUT2D eigenvalue weighted by atomic mass is 16.2. The van der Waals surface area contributed by atoms with Crippen molar-refractivity contribution in [1.29, 1.82) is 0 Å². The molecule has 0 aliphatic heterocycles. The fourth-order valence-corrected chi connectivity index (χ4v) is 3.93. The van der Waals surface area contributed by atoms with Crippen molar-refractivity contribution in [3.63, 3.8) is 0 Å². The van der Waals surface area contributed by atoms with Crippen molar-refractivity contribution >= 4 is 11.8 Å². The van der Waals surface area contributed by atoms with Gasteiger partial charge in [-0.25, -0.2) is 0 Å². The van der Waals surface area contributed by atoms with Crippen molar-refractivity contribution in [1.82, 2.24) is 20.2 Å². The Morgan fingerprint density at radius 1 is 1.03 bits per heavy atom. The maximum Gasteiger partial charge on any atom is 0.256 e. The molecule has 2 heterocycles. The summed E-state index contributed by atoms with van der Waals surface area (Å²) in [7, 11) is 0. The van der Waals surface area contributed by atoms with Crippen LogP contribution >= 0.6 is 0 Å². The number of pyridine rings is 2. The van der Waals surface area contributed by atoms with E-state index in [9.17, 15) is 14.4 Å². The third-order valence-corrected chi connectivity index (χ3v) is 5.74. The molecule has 2 N–H and O–H groups in total. The van der Waals surface area contributed by atoms with Gasteiger partial charge < -0.3 is 15.2 Å². The van der Waals surface area contributed by atoms with Crippen LogP contribution in [0.2, 0.25) is 0 Å². The summed E-state index contributed by atoms with van der Waals surface area (Å²) in [4.78, 5) is 42.8. The standard InChI is InChI=1S/C24H32N4O3/c1-2-3-13-26-23(30)20-16-28(19-10-5-4-6-11-19)17-21(22(20)29)24(31)27-15-12-18-9-7-8-14-25-18/h7-9,14,16-17,19H,2-6,10-13,15H2,1H3,(H,26,30)(H,27,31). The van der Waals surface area contributed by atoms with Gasteiger partial charge in [0.15, 0.2) is 0 Å². The number of carbonyl (C=O) groups is 2. The van der Waals surface area contributed by atoms with Crippen molar-refractivity contribution in [2.75, 3.05) is 13.1 Å². The van der Waals surface area contributed by atoms with Gasteiger partial charge in [-0.2, -0.15) is 0 Å². The van der Waals surface area contributed by atoms with E-state index in [1.54, 1.807) is 18.6 Å². The number of nitrogens with zero attached hydrogens (tertiary/aromatic N) is 2. The molecule has 2 aromatic heterocycles. The summed E-state index contributed by atoms with van der Waals surface area (Å²) < 4.78 is 1.91. The first-order chi connectivity index (χ1) is 15.1. The summed E-state index contributed by atoms with van der Waals surface area (Å²) in [6.45, 7) is 2.92. The van der Waals surface area contributed by atoms with Gasteiger partial charge in [0.25, 0.3) is 11.8 Å². The van der Waals surface area contributed by atoms with Gasteiger partial charge in [-0.15, -0.1) is 0 Å². The predicted molar refractivity (Wildman–Crippen MR) is 120 cm³/mol. The molecule has 1 fully saturated rings. The summed E-state index contributed by atoms with van der Waals surface area (Å²) in [5.74, 6) is -0.861. The zero-order valence-electron chi connectivity index (χ0n) is 18.2. The first kappa shape index (κ1) is 22.7. The molecule has 166 valence electrons. The Bertz CT molecular complexity index is 934. The van der Waals surface area contributed by atoms with Crippen molar-refractivity contribution in [2.45, 2.75) is 64.3 Å². The fourth-order valence-electron chi connectivity index (χ4n) is 3.93. The molecule has 1 saturated carbocycles. The van der Waals surface area contributed by atoms with Crippen LogP contribution in [0.4, 0.5) is 0 Å². The van der Waals surface area contributed by atoms with Crippen LogP contribution in [-0.2, 0) is 6.42 Å². The predicted octanol–water partition coefficient (Wildman–Crippen LogP) is 3.25. The molecule has 0 radical (unpaired) electrons. The van der Waals surface area contributed by atoms with Crippen molar-refractivity contribution in [3.8, 4) is 0 Å². The Kier molecular flexibility index (Phi) is 8.38. The summed E-state index contributed by atoms with van der Waals surface area (Å²) in [6, 6.07) is 5.83. The van der Waals surface area contributed by atoms with E-state index in [1.807, 2.05) is 29.7 Å². The van der Waals surface area contributed by atoms with E-state index in [-0.39, 0.29) is 17.2 Å². The lowest BCUT2D eigenvalue weighted by atomic mass is 9.95. The molecule has 31 heavy (non-hydrogen) atoms. The van der Waals surface area contributed by atoms with Gasteiger partial charge in [0.1, 0.15) is 11.1 Å². The number of hydrogen-bond donors (Lipinski definition) is 2. The topological polar surface area (TPSA) is 93.1 Å². The van der Waals surface area contributed by atoms with E-state index in [0.29, 0.717) is 19.5 Å². The average molecular weight is 425 g/mol. The van der Waals surface area contributed by atoms with Crippen LogP contribution in [0.25, 0.3) is 0 Å². The number of aromatic nitrogens is 2. The number of unbranched alkanes of at least 4 members (excludes halogenated alkanes) is 1. The summed E-state index contributed by atoms with van der Waals surface area (Å²) in [5, 5.41) is 5.62. The SMILES string of the molecule is CCCCNC(=O)c1cn(C2CCCCC2)cc(C(=O)NCCc2ccccn2)c1=O. The van der Waals surface area contributed by atoms with Crippen LogP contribution < -0.4 is 16.1 Å². The lowest BCUT2D eigenvalue weighted by molar-refractivity contribution is 0.0950. The quantitative estimate of drug-likeness (QED) is 0.604. The minimum Gasteiger partial charge on any atom is -0.352 e. The van der Waals surface area contributed by atoms with E-state index in [0.717, 1.165) is 44.2 Å². The van der Waals surface area contributed by atoms with Crippen molar-refractivity contribution in [3.05, 3.63) is 63.8 Å². The molecule has 0 aromatic carbocycles. The second-order valence-electron chi connectivity index (χ2n) is 8.09. The zero-order chi connectivity index (χ0) is 22.1. The number of carbonyl (C=O) groups excluding carboxylic acids is 2. The number of nitrogens with one attached hydrogen (secondary N) is 2. The van der Waals surface area contributed by atoms with E-state index < -0.39 is 17.2 Å². The molecule has 2 amide bonds. The van der Waals surface area contributed by atoms with Gasteiger partial charge >= 0.3 is 0 Å². The van der Waals surface area contributed by atoms with Crippen molar-refractivity contribution < 1.29 is 9.59 Å². The van der Waals surface area contributed by atoms with E-state index in [4.69, 9.17) is 0 Å². The highest BCUT2D eigenvalue weighted by molar-refractivity contribution is 5.99. The highest BCUT2D eigenvalue weighted by Crippen LogP contribution is 2.28. The van der Waals surface area contributed by atoms with Gasteiger partial charge in [-0.1, -0.05) is 38.7 Å². The fraction of sp³-hybridized carbons (Fsp3) is 0.500. The average Bonchev–Trinajstić information content (AvgIpc) is 2.80. The maximum atomic E-state index is 13.0.